The van der Waals surface area contributed by atoms with E-state index in [0.29, 0.717) is 0 Å². The van der Waals surface area contributed by atoms with Crippen LogP contribution in [0, 0.1) is 47.3 Å². The normalized spacial score (nSPS) is 18.4. The van der Waals surface area contributed by atoms with Crippen molar-refractivity contribution in [3.63, 3.8) is 0 Å². The molecule has 296 valence electrons. The zero-order valence-electron chi connectivity index (χ0n) is 36.0. The van der Waals surface area contributed by atoms with Crippen molar-refractivity contribution in [3.05, 3.63) is 0 Å². The number of hydrogen-bond acceptors (Lipinski definition) is 3. The van der Waals surface area contributed by atoms with Crippen LogP contribution in [0.5, 0.6) is 0 Å². The molecule has 0 spiro atoms. The first-order valence-electron chi connectivity index (χ1n) is 22.3. The van der Waals surface area contributed by atoms with Gasteiger partial charge in [0.2, 0.25) is 0 Å². The average Bonchev–Trinajstić information content (AvgIpc) is 3.00. The van der Waals surface area contributed by atoms with Gasteiger partial charge in [-0.2, -0.15) is 0 Å². The Morgan fingerprint density at radius 2 is 0.612 bits per heavy atom. The summed E-state index contributed by atoms with van der Waals surface area (Å²) >= 11 is 0. The third-order valence-electron chi connectivity index (χ3n) is 11.1. The lowest BCUT2D eigenvalue weighted by Gasteiger charge is -2.27. The summed E-state index contributed by atoms with van der Waals surface area (Å²) in [5.74, 6) is 6.54. The Morgan fingerprint density at radius 1 is 0.306 bits per heavy atom. The lowest BCUT2D eigenvalue weighted by molar-refractivity contribution is -0.250. The summed E-state index contributed by atoms with van der Waals surface area (Å²) in [5.41, 5.74) is 0. The first-order valence-corrected chi connectivity index (χ1v) is 22.3. The minimum atomic E-state index is -0.147. The number of rotatable bonds is 36. The van der Waals surface area contributed by atoms with Crippen LogP contribution in [0.2, 0.25) is 0 Å². The van der Waals surface area contributed by atoms with Crippen LogP contribution in [0.4, 0.5) is 0 Å². The molecule has 10 atom stereocenters. The Hall–Kier alpha value is -0.120. The molecule has 0 aromatic carbocycles. The fraction of sp³-hybridized carbons (Fsp3) is 1.00. The zero-order chi connectivity index (χ0) is 36.9. The van der Waals surface area contributed by atoms with Crippen molar-refractivity contribution in [2.24, 2.45) is 47.3 Å². The third-order valence-corrected chi connectivity index (χ3v) is 11.1. The van der Waals surface area contributed by atoms with Gasteiger partial charge in [0, 0.05) is 13.2 Å². The molecule has 0 aliphatic carbocycles. The molecule has 0 amide bonds. The largest absolute Gasteiger partial charge is 0.353 e. The van der Waals surface area contributed by atoms with Crippen LogP contribution in [0.25, 0.3) is 0 Å². The van der Waals surface area contributed by atoms with E-state index in [4.69, 9.17) is 14.2 Å². The van der Waals surface area contributed by atoms with Crippen LogP contribution in [0.1, 0.15) is 224 Å². The lowest BCUT2D eigenvalue weighted by atomic mass is 9.83. The van der Waals surface area contributed by atoms with Crippen molar-refractivity contribution in [2.45, 2.75) is 237 Å². The second kappa shape index (κ2) is 32.5. The molecule has 49 heavy (non-hydrogen) atoms. The molecule has 0 saturated carbocycles. The molecule has 0 N–H and O–H groups in total. The molecular formula is C46H94O3. The smallest absolute Gasteiger partial charge is 0.160 e. The maximum absolute atomic E-state index is 6.71. The molecule has 0 bridgehead atoms. The van der Waals surface area contributed by atoms with E-state index in [-0.39, 0.29) is 12.6 Å². The topological polar surface area (TPSA) is 27.7 Å². The highest BCUT2D eigenvalue weighted by molar-refractivity contribution is 4.69. The van der Waals surface area contributed by atoms with Gasteiger partial charge < -0.3 is 14.2 Å². The molecule has 0 aliphatic heterocycles. The highest BCUT2D eigenvalue weighted by Crippen LogP contribution is 2.29. The Balaban J connectivity index is 4.98. The molecule has 0 fully saturated rings. The van der Waals surface area contributed by atoms with Gasteiger partial charge in [0.15, 0.2) is 12.6 Å². The first kappa shape index (κ1) is 48.9. The Labute approximate surface area is 311 Å². The maximum atomic E-state index is 6.71. The van der Waals surface area contributed by atoms with Gasteiger partial charge >= 0.3 is 0 Å². The molecular weight excluding hydrogens is 601 g/mol. The molecule has 3 nitrogen and oxygen atoms in total. The van der Waals surface area contributed by atoms with E-state index in [1.165, 1.54) is 116 Å². The Bertz CT molecular complexity index is 625. The SMILES string of the molecule is CCCCCOC(CCCC(C)CC(C)CC(C)CC(C)CCC)OC(CCCC(C)CC(C)CC(C)CC(C)CCC)OCCCCC. The fourth-order valence-corrected chi connectivity index (χ4v) is 8.91. The fourth-order valence-electron chi connectivity index (χ4n) is 8.91. The lowest BCUT2D eigenvalue weighted by Crippen LogP contribution is -2.28. The molecule has 0 saturated heterocycles. The van der Waals surface area contributed by atoms with E-state index in [9.17, 15) is 0 Å². The standard InChI is InChI=1S/C46H94O3/c1-13-17-19-29-47-45(27-21-25-39(7)33-43(11)35-41(9)31-37(5)23-15-3)49-46(48-30-20-18-14-2)28-22-26-40(8)34-44(12)36-42(10)32-38(6)24-16-4/h37-46H,13-36H2,1-12H3. The van der Waals surface area contributed by atoms with Gasteiger partial charge in [-0.1, -0.05) is 147 Å². The number of hydrogen-bond donors (Lipinski definition) is 0. The summed E-state index contributed by atoms with van der Waals surface area (Å²) in [6.45, 7) is 30.5. The third kappa shape index (κ3) is 30.1. The minimum Gasteiger partial charge on any atom is -0.353 e. The summed E-state index contributed by atoms with van der Waals surface area (Å²) in [5, 5.41) is 0. The summed E-state index contributed by atoms with van der Waals surface area (Å²) < 4.78 is 19.6. The monoisotopic (exact) mass is 695 g/mol. The van der Waals surface area contributed by atoms with Crippen LogP contribution in [0.3, 0.4) is 0 Å². The van der Waals surface area contributed by atoms with Crippen molar-refractivity contribution < 1.29 is 14.2 Å². The maximum Gasteiger partial charge on any atom is 0.160 e. The highest BCUT2D eigenvalue weighted by atomic mass is 16.8. The van der Waals surface area contributed by atoms with Gasteiger partial charge in [0.05, 0.1) is 0 Å². The van der Waals surface area contributed by atoms with Crippen LogP contribution >= 0.6 is 0 Å². The predicted molar refractivity (Wildman–Crippen MR) is 218 cm³/mol. The first-order chi connectivity index (χ1) is 23.4. The number of ether oxygens (including phenoxy) is 3. The van der Waals surface area contributed by atoms with Gasteiger partial charge in [0.25, 0.3) is 0 Å². The van der Waals surface area contributed by atoms with E-state index in [0.717, 1.165) is 86.2 Å². The molecule has 10 unspecified atom stereocenters. The van der Waals surface area contributed by atoms with E-state index in [2.05, 4.69) is 83.1 Å². The van der Waals surface area contributed by atoms with Crippen molar-refractivity contribution in [1.29, 1.82) is 0 Å². The Kier molecular flexibility index (Phi) is 32.4. The highest BCUT2D eigenvalue weighted by Gasteiger charge is 2.21. The molecule has 0 radical (unpaired) electrons. The molecule has 0 aromatic heterocycles. The van der Waals surface area contributed by atoms with Gasteiger partial charge in [-0.05, 0) is 124 Å². The molecule has 0 heterocycles. The van der Waals surface area contributed by atoms with E-state index < -0.39 is 0 Å². The minimum absolute atomic E-state index is 0.147. The quantitative estimate of drug-likeness (QED) is 0.0483. The molecule has 3 heteroatoms. The van der Waals surface area contributed by atoms with Gasteiger partial charge in [0.1, 0.15) is 0 Å². The van der Waals surface area contributed by atoms with Crippen molar-refractivity contribution >= 4 is 0 Å². The number of unbranched alkanes of at least 4 members (excludes halogenated alkanes) is 4. The van der Waals surface area contributed by atoms with E-state index in [1.54, 1.807) is 0 Å². The molecule has 0 aliphatic rings. The van der Waals surface area contributed by atoms with Crippen LogP contribution < -0.4 is 0 Å². The van der Waals surface area contributed by atoms with E-state index >= 15 is 0 Å². The zero-order valence-corrected chi connectivity index (χ0v) is 36.0. The van der Waals surface area contributed by atoms with Crippen molar-refractivity contribution in [3.8, 4) is 0 Å². The average molecular weight is 695 g/mol. The van der Waals surface area contributed by atoms with Crippen LogP contribution in [-0.4, -0.2) is 25.8 Å². The predicted octanol–water partition coefficient (Wildman–Crippen LogP) is 15.4. The summed E-state index contributed by atoms with van der Waals surface area (Å²) in [7, 11) is 0. The second-order valence-electron chi connectivity index (χ2n) is 17.8. The van der Waals surface area contributed by atoms with Gasteiger partial charge in [-0.25, -0.2) is 0 Å². The van der Waals surface area contributed by atoms with E-state index in [1.807, 2.05) is 0 Å². The summed E-state index contributed by atoms with van der Waals surface area (Å²) in [4.78, 5) is 0. The summed E-state index contributed by atoms with van der Waals surface area (Å²) in [6, 6.07) is 0. The summed E-state index contributed by atoms with van der Waals surface area (Å²) in [6.07, 6.45) is 27.2. The van der Waals surface area contributed by atoms with Crippen LogP contribution in [0.15, 0.2) is 0 Å². The second-order valence-corrected chi connectivity index (χ2v) is 17.8. The van der Waals surface area contributed by atoms with Crippen molar-refractivity contribution in [1.82, 2.24) is 0 Å². The molecule has 0 aromatic rings. The van der Waals surface area contributed by atoms with Crippen LogP contribution in [-0.2, 0) is 14.2 Å². The van der Waals surface area contributed by atoms with Crippen molar-refractivity contribution in [2.75, 3.05) is 13.2 Å². The molecule has 0 rings (SSSR count). The van der Waals surface area contributed by atoms with Gasteiger partial charge in [-0.15, -0.1) is 0 Å². The Morgan fingerprint density at radius 3 is 0.918 bits per heavy atom. The van der Waals surface area contributed by atoms with Gasteiger partial charge in [-0.3, -0.25) is 0 Å².